The molecule has 3 aliphatic rings. The third-order valence-corrected chi connectivity index (χ3v) is 17.5. The first-order chi connectivity index (χ1) is 38.9. The van der Waals surface area contributed by atoms with E-state index in [1.165, 1.54) is 55.3 Å². The highest BCUT2D eigenvalue weighted by atomic mass is 16.5. The minimum atomic E-state index is -0.729. The van der Waals surface area contributed by atoms with Crippen LogP contribution >= 0.6 is 0 Å². The summed E-state index contributed by atoms with van der Waals surface area (Å²) in [6.07, 6.45) is 0. The van der Waals surface area contributed by atoms with Gasteiger partial charge in [-0.3, -0.25) is 0 Å². The van der Waals surface area contributed by atoms with E-state index in [1.54, 1.807) is 0 Å². The van der Waals surface area contributed by atoms with Crippen molar-refractivity contribution in [1.29, 1.82) is 0 Å². The molecule has 15 rings (SSSR count). The van der Waals surface area contributed by atoms with Crippen LogP contribution in [0.25, 0.3) is 38.6 Å². The van der Waals surface area contributed by atoms with E-state index in [0.29, 0.717) is 0 Å². The van der Waals surface area contributed by atoms with Gasteiger partial charge in [-0.05, 0) is 146 Å². The Morgan fingerprint density at radius 2 is 0.775 bits per heavy atom. The van der Waals surface area contributed by atoms with E-state index in [4.69, 9.17) is 9.47 Å². The van der Waals surface area contributed by atoms with Crippen LogP contribution in [0.4, 0.5) is 17.1 Å². The number of para-hydroxylation sites is 3. The van der Waals surface area contributed by atoms with Crippen LogP contribution in [0.1, 0.15) is 97.2 Å². The maximum atomic E-state index is 7.10. The molecule has 0 bridgehead atoms. The average molecular weight is 1030 g/mol. The molecule has 386 valence electrons. The van der Waals surface area contributed by atoms with Gasteiger partial charge in [0.05, 0.1) is 21.9 Å². The predicted octanol–water partition coefficient (Wildman–Crippen LogP) is 19.8. The van der Waals surface area contributed by atoms with E-state index < -0.39 is 10.8 Å². The van der Waals surface area contributed by atoms with Crippen molar-refractivity contribution >= 4 is 38.9 Å². The van der Waals surface area contributed by atoms with Crippen LogP contribution in [-0.2, 0) is 21.7 Å². The lowest BCUT2D eigenvalue weighted by atomic mass is 9.63. The van der Waals surface area contributed by atoms with E-state index in [-0.39, 0.29) is 10.8 Å². The molecule has 1 aromatic heterocycles. The minimum Gasteiger partial charge on any atom is -0.457 e. The fourth-order valence-corrected chi connectivity index (χ4v) is 13.8. The number of benzene rings is 11. The maximum absolute atomic E-state index is 7.10. The maximum Gasteiger partial charge on any atom is 0.132 e. The van der Waals surface area contributed by atoms with Crippen molar-refractivity contribution in [1.82, 2.24) is 4.57 Å². The third kappa shape index (κ3) is 6.94. The van der Waals surface area contributed by atoms with Crippen molar-refractivity contribution in [3.8, 4) is 39.8 Å². The van der Waals surface area contributed by atoms with E-state index in [9.17, 15) is 0 Å². The molecule has 80 heavy (non-hydrogen) atoms. The van der Waals surface area contributed by atoms with Crippen LogP contribution in [0.15, 0.2) is 255 Å². The van der Waals surface area contributed by atoms with Crippen LogP contribution in [-0.4, -0.2) is 4.57 Å². The van der Waals surface area contributed by atoms with Gasteiger partial charge < -0.3 is 18.9 Å². The fraction of sp³-hybridized carbons (Fsp3) is 0.132. The number of nitrogens with zero attached hydrogens (tertiary/aromatic N) is 2. The Hall–Kier alpha value is -9.38. The second-order valence-corrected chi connectivity index (χ2v) is 24.0. The van der Waals surface area contributed by atoms with E-state index in [0.717, 1.165) is 79.0 Å². The van der Waals surface area contributed by atoms with Crippen molar-refractivity contribution in [2.45, 2.75) is 63.2 Å². The molecule has 0 radical (unpaired) electrons. The van der Waals surface area contributed by atoms with Gasteiger partial charge in [-0.2, -0.15) is 0 Å². The SMILES string of the molecule is CC(C)(C)c1ccc2c(c1)C1(c3cc(C(C)(C)C)ccc3O2)c2ccccc2-c2ccc(N(c3cccc(-n4c5ccccc5c5ccccc54)c3)c3ccc4c(c3)C(c3ccccc3)(c3ccccc3)c3ccccc3O4)cc21. The molecule has 4 heteroatoms. The van der Waals surface area contributed by atoms with Crippen molar-refractivity contribution in [3.05, 3.63) is 310 Å². The van der Waals surface area contributed by atoms with Gasteiger partial charge in [-0.25, -0.2) is 0 Å². The molecule has 12 aromatic rings. The topological polar surface area (TPSA) is 26.6 Å². The van der Waals surface area contributed by atoms with Crippen molar-refractivity contribution in [2.75, 3.05) is 4.90 Å². The molecule has 0 saturated carbocycles. The summed E-state index contributed by atoms with van der Waals surface area (Å²) in [7, 11) is 0. The van der Waals surface area contributed by atoms with Gasteiger partial charge in [0.25, 0.3) is 0 Å². The summed E-state index contributed by atoms with van der Waals surface area (Å²) in [4.78, 5) is 2.48. The first kappa shape index (κ1) is 47.8. The van der Waals surface area contributed by atoms with Gasteiger partial charge in [0, 0.05) is 55.8 Å². The largest absolute Gasteiger partial charge is 0.457 e. The molecule has 0 amide bonds. The van der Waals surface area contributed by atoms with E-state index in [2.05, 4.69) is 306 Å². The molecule has 1 aliphatic carbocycles. The van der Waals surface area contributed by atoms with Crippen LogP contribution in [0, 0.1) is 0 Å². The lowest BCUT2D eigenvalue weighted by Crippen LogP contribution is -2.34. The molecule has 0 N–H and O–H groups in total. The number of hydrogen-bond acceptors (Lipinski definition) is 3. The predicted molar refractivity (Wildman–Crippen MR) is 329 cm³/mol. The normalized spacial score (nSPS) is 14.3. The second-order valence-electron chi connectivity index (χ2n) is 24.0. The molecular formula is C76H60N2O2. The Labute approximate surface area is 468 Å². The Balaban J connectivity index is 1.04. The van der Waals surface area contributed by atoms with Gasteiger partial charge in [-0.15, -0.1) is 0 Å². The summed E-state index contributed by atoms with van der Waals surface area (Å²) in [5.74, 6) is 3.43. The van der Waals surface area contributed by atoms with Crippen molar-refractivity contribution < 1.29 is 9.47 Å². The number of rotatable bonds is 6. The zero-order valence-electron chi connectivity index (χ0n) is 46.0. The number of fused-ring (bicyclic) bond motifs is 14. The Kier molecular flexibility index (Phi) is 10.5. The molecule has 1 spiro atoms. The van der Waals surface area contributed by atoms with Gasteiger partial charge >= 0.3 is 0 Å². The first-order valence-corrected chi connectivity index (χ1v) is 28.1. The molecule has 0 unspecified atom stereocenters. The molecular weight excluding hydrogens is 973 g/mol. The molecule has 11 aromatic carbocycles. The number of aromatic nitrogens is 1. The van der Waals surface area contributed by atoms with Crippen molar-refractivity contribution in [3.63, 3.8) is 0 Å². The van der Waals surface area contributed by atoms with Crippen LogP contribution in [0.5, 0.6) is 23.0 Å². The lowest BCUT2D eigenvalue weighted by Gasteiger charge is -2.42. The second kappa shape index (κ2) is 17.6. The monoisotopic (exact) mass is 1030 g/mol. The summed E-state index contributed by atoms with van der Waals surface area (Å²) in [5.41, 5.74) is 19.0. The fourth-order valence-electron chi connectivity index (χ4n) is 13.8. The highest BCUT2D eigenvalue weighted by Crippen LogP contribution is 2.64. The standard InChI is InChI=1S/C76H60N2O2/c1-73(2,3)51-36-41-70-64(44-51)76(65-45-52(74(4,5)6)37-42-71(65)80-70)61-31-16-13-28-57(61)58-40-38-55(47-63(58)76)77(53-26-21-27-54(46-53)78-67-33-18-14-29-59(67)60-30-15-19-34-68(60)78)56-39-43-72-66(48-56)75(49-22-9-7-10-23-49,50-24-11-8-12-25-50)62-32-17-20-35-69(62)79-72/h7-48H,1-6H3. The summed E-state index contributed by atoms with van der Waals surface area (Å²) in [6.45, 7) is 13.9. The smallest absolute Gasteiger partial charge is 0.132 e. The summed E-state index contributed by atoms with van der Waals surface area (Å²) in [5, 5.41) is 2.45. The Morgan fingerprint density at radius 3 is 1.38 bits per heavy atom. The van der Waals surface area contributed by atoms with Gasteiger partial charge in [-0.1, -0.05) is 205 Å². The minimum absolute atomic E-state index is 0.115. The Morgan fingerprint density at radius 1 is 0.325 bits per heavy atom. The van der Waals surface area contributed by atoms with Gasteiger partial charge in [0.1, 0.15) is 23.0 Å². The number of hydrogen-bond donors (Lipinski definition) is 0. The van der Waals surface area contributed by atoms with Gasteiger partial charge in [0.15, 0.2) is 0 Å². The summed E-state index contributed by atoms with van der Waals surface area (Å²) in [6, 6.07) is 94.2. The quantitative estimate of drug-likeness (QED) is 0.166. The molecule has 4 nitrogen and oxygen atoms in total. The van der Waals surface area contributed by atoms with Crippen LogP contribution in [0.2, 0.25) is 0 Å². The number of anilines is 3. The van der Waals surface area contributed by atoms with Crippen molar-refractivity contribution in [2.24, 2.45) is 0 Å². The van der Waals surface area contributed by atoms with Crippen LogP contribution < -0.4 is 14.4 Å². The highest BCUT2D eigenvalue weighted by Gasteiger charge is 2.52. The third-order valence-electron chi connectivity index (χ3n) is 17.5. The molecule has 3 heterocycles. The van der Waals surface area contributed by atoms with Crippen LogP contribution in [0.3, 0.4) is 0 Å². The molecule has 0 atom stereocenters. The molecule has 0 saturated heterocycles. The average Bonchev–Trinajstić information content (AvgIpc) is 4.11. The zero-order chi connectivity index (χ0) is 54.1. The Bertz CT molecular complexity index is 4300. The zero-order valence-corrected chi connectivity index (χ0v) is 46.0. The highest BCUT2D eigenvalue weighted by molar-refractivity contribution is 6.09. The molecule has 0 fully saturated rings. The lowest BCUT2D eigenvalue weighted by molar-refractivity contribution is 0.433. The molecule has 2 aliphatic heterocycles. The summed E-state index contributed by atoms with van der Waals surface area (Å²) >= 11 is 0. The first-order valence-electron chi connectivity index (χ1n) is 28.1. The number of ether oxygens (including phenoxy) is 2. The summed E-state index contributed by atoms with van der Waals surface area (Å²) < 4.78 is 16.6. The van der Waals surface area contributed by atoms with Gasteiger partial charge in [0.2, 0.25) is 0 Å². The van der Waals surface area contributed by atoms with E-state index in [1.807, 2.05) is 0 Å². The van der Waals surface area contributed by atoms with E-state index >= 15 is 0 Å².